The first-order valence-corrected chi connectivity index (χ1v) is 7.38. The highest BCUT2D eigenvalue weighted by molar-refractivity contribution is 7.89. The first-order chi connectivity index (χ1) is 8.94. The maximum absolute atomic E-state index is 13.6. The molecule has 0 saturated carbocycles. The molecule has 104 valence electrons. The van der Waals surface area contributed by atoms with Crippen LogP contribution in [0.1, 0.15) is 19.3 Å². The van der Waals surface area contributed by atoms with Gasteiger partial charge < -0.3 is 5.11 Å². The Morgan fingerprint density at radius 3 is 2.63 bits per heavy atom. The van der Waals surface area contributed by atoms with Gasteiger partial charge in [0.05, 0.1) is 0 Å². The zero-order chi connectivity index (χ0) is 14.0. The molecular formula is C12H14FNO4S. The van der Waals surface area contributed by atoms with Crippen LogP contribution in [0, 0.1) is 5.82 Å². The molecular weight excluding hydrogens is 273 g/mol. The Morgan fingerprint density at radius 1 is 1.32 bits per heavy atom. The number of carboxylic acids is 1. The molecule has 1 heterocycles. The quantitative estimate of drug-likeness (QED) is 0.913. The van der Waals surface area contributed by atoms with Crippen LogP contribution in [0.5, 0.6) is 0 Å². The summed E-state index contributed by atoms with van der Waals surface area (Å²) in [7, 11) is -4.11. The van der Waals surface area contributed by atoms with E-state index in [1.165, 1.54) is 12.1 Å². The van der Waals surface area contributed by atoms with Crippen LogP contribution in [-0.4, -0.2) is 36.4 Å². The highest BCUT2D eigenvalue weighted by Crippen LogP contribution is 2.26. The summed E-state index contributed by atoms with van der Waals surface area (Å²) in [4.78, 5) is 10.7. The summed E-state index contributed by atoms with van der Waals surface area (Å²) in [5, 5.41) is 9.09. The molecule has 2 rings (SSSR count). The first-order valence-electron chi connectivity index (χ1n) is 5.94. The molecule has 1 aliphatic heterocycles. The standard InChI is InChI=1S/C12H14FNO4S/c13-9-5-1-2-7-11(9)19(17,18)14-8-4-3-6-10(14)12(15)16/h1-2,5,7,10H,3-4,6,8H2,(H,15,16)/t10-/m0/s1. The molecule has 0 amide bonds. The van der Waals surface area contributed by atoms with Crippen LogP contribution in [0.15, 0.2) is 29.2 Å². The Balaban J connectivity index is 2.43. The van der Waals surface area contributed by atoms with Gasteiger partial charge in [0, 0.05) is 6.54 Å². The number of carboxylic acid groups (broad SMARTS) is 1. The van der Waals surface area contributed by atoms with Crippen molar-refractivity contribution in [2.45, 2.75) is 30.2 Å². The summed E-state index contributed by atoms with van der Waals surface area (Å²) < 4.78 is 39.2. The van der Waals surface area contributed by atoms with E-state index in [2.05, 4.69) is 0 Å². The third kappa shape index (κ3) is 2.62. The second-order valence-corrected chi connectivity index (χ2v) is 6.25. The lowest BCUT2D eigenvalue weighted by atomic mass is 10.1. The van der Waals surface area contributed by atoms with Crippen LogP contribution in [0.3, 0.4) is 0 Å². The minimum Gasteiger partial charge on any atom is -0.480 e. The van der Waals surface area contributed by atoms with E-state index in [0.717, 1.165) is 16.4 Å². The zero-order valence-electron chi connectivity index (χ0n) is 10.1. The zero-order valence-corrected chi connectivity index (χ0v) is 10.9. The summed E-state index contributed by atoms with van der Waals surface area (Å²) in [5.41, 5.74) is 0. The predicted octanol–water partition coefficient (Wildman–Crippen LogP) is 1.45. The minimum atomic E-state index is -4.11. The van der Waals surface area contributed by atoms with Crippen LogP contribution in [0.4, 0.5) is 4.39 Å². The Bertz CT molecular complexity index is 587. The molecule has 0 aliphatic carbocycles. The maximum atomic E-state index is 13.6. The van der Waals surface area contributed by atoms with Crippen molar-refractivity contribution in [3.8, 4) is 0 Å². The molecule has 7 heteroatoms. The average molecular weight is 287 g/mol. The number of hydrogen-bond acceptors (Lipinski definition) is 3. The van der Waals surface area contributed by atoms with Crippen LogP contribution in [0.2, 0.25) is 0 Å². The van der Waals surface area contributed by atoms with Gasteiger partial charge in [-0.05, 0) is 31.4 Å². The lowest BCUT2D eigenvalue weighted by molar-refractivity contribution is -0.142. The predicted molar refractivity (Wildman–Crippen MR) is 65.6 cm³/mol. The van der Waals surface area contributed by atoms with Crippen molar-refractivity contribution in [3.05, 3.63) is 30.1 Å². The fourth-order valence-electron chi connectivity index (χ4n) is 2.22. The fraction of sp³-hybridized carbons (Fsp3) is 0.417. The van der Waals surface area contributed by atoms with Gasteiger partial charge in [-0.1, -0.05) is 12.1 Å². The largest absolute Gasteiger partial charge is 0.480 e. The highest BCUT2D eigenvalue weighted by atomic mass is 32.2. The van der Waals surface area contributed by atoms with E-state index in [1.807, 2.05) is 0 Å². The minimum absolute atomic E-state index is 0.105. The number of benzene rings is 1. The summed E-state index contributed by atoms with van der Waals surface area (Å²) in [6, 6.07) is 3.89. The third-order valence-corrected chi connectivity index (χ3v) is 5.10. The summed E-state index contributed by atoms with van der Waals surface area (Å²) >= 11 is 0. The molecule has 5 nitrogen and oxygen atoms in total. The average Bonchev–Trinajstić information content (AvgIpc) is 2.39. The van der Waals surface area contributed by atoms with Gasteiger partial charge in [-0.25, -0.2) is 12.8 Å². The molecule has 1 aromatic rings. The van der Waals surface area contributed by atoms with Crippen LogP contribution < -0.4 is 0 Å². The Kier molecular flexibility index (Phi) is 3.86. The van der Waals surface area contributed by atoms with Crippen molar-refractivity contribution in [3.63, 3.8) is 0 Å². The molecule has 1 N–H and O–H groups in total. The molecule has 1 aliphatic rings. The van der Waals surface area contributed by atoms with Crippen LogP contribution >= 0.6 is 0 Å². The highest BCUT2D eigenvalue weighted by Gasteiger charge is 2.38. The van der Waals surface area contributed by atoms with E-state index in [9.17, 15) is 17.6 Å². The van der Waals surface area contributed by atoms with Crippen molar-refractivity contribution < 1.29 is 22.7 Å². The second kappa shape index (κ2) is 5.26. The third-order valence-electron chi connectivity index (χ3n) is 3.16. The Morgan fingerprint density at radius 2 is 2.00 bits per heavy atom. The molecule has 1 atom stereocenters. The van der Waals surface area contributed by atoms with Gasteiger partial charge in [-0.3, -0.25) is 4.79 Å². The molecule has 0 spiro atoms. The summed E-state index contributed by atoms with van der Waals surface area (Å²) in [6.45, 7) is 0.105. The van der Waals surface area contributed by atoms with E-state index in [1.54, 1.807) is 0 Å². The molecule has 1 fully saturated rings. The number of halogens is 1. The number of piperidine rings is 1. The number of rotatable bonds is 3. The van der Waals surface area contributed by atoms with Crippen molar-refractivity contribution in [2.24, 2.45) is 0 Å². The van der Waals surface area contributed by atoms with Crippen LogP contribution in [-0.2, 0) is 14.8 Å². The number of hydrogen-bond donors (Lipinski definition) is 1. The lowest BCUT2D eigenvalue weighted by Gasteiger charge is -2.31. The molecule has 0 unspecified atom stereocenters. The maximum Gasteiger partial charge on any atom is 0.322 e. The Hall–Kier alpha value is -1.47. The van der Waals surface area contributed by atoms with Gasteiger partial charge >= 0.3 is 5.97 Å². The van der Waals surface area contributed by atoms with Gasteiger partial charge in [0.1, 0.15) is 16.8 Å². The van der Waals surface area contributed by atoms with Gasteiger partial charge in [0.15, 0.2) is 0 Å². The van der Waals surface area contributed by atoms with Crippen molar-refractivity contribution in [2.75, 3.05) is 6.54 Å². The van der Waals surface area contributed by atoms with E-state index in [0.29, 0.717) is 12.8 Å². The SMILES string of the molecule is O=C(O)[C@@H]1CCCCN1S(=O)(=O)c1ccccc1F. The fourth-order valence-corrected chi connectivity index (χ4v) is 3.94. The second-order valence-electron chi connectivity index (χ2n) is 4.40. The van der Waals surface area contributed by atoms with Crippen molar-refractivity contribution >= 4 is 16.0 Å². The van der Waals surface area contributed by atoms with Crippen LogP contribution in [0.25, 0.3) is 0 Å². The molecule has 0 bridgehead atoms. The van der Waals surface area contributed by atoms with Crippen molar-refractivity contribution in [1.29, 1.82) is 0 Å². The van der Waals surface area contributed by atoms with E-state index < -0.39 is 32.7 Å². The van der Waals surface area contributed by atoms with Gasteiger partial charge in [-0.2, -0.15) is 4.31 Å². The monoisotopic (exact) mass is 287 g/mol. The summed E-state index contributed by atoms with van der Waals surface area (Å²) in [5.74, 6) is -2.06. The Labute approximate surface area is 110 Å². The smallest absolute Gasteiger partial charge is 0.322 e. The molecule has 1 saturated heterocycles. The number of sulfonamides is 1. The molecule has 0 radical (unpaired) electrons. The number of aliphatic carboxylic acids is 1. The normalized spacial score (nSPS) is 21.2. The van der Waals surface area contributed by atoms with Crippen molar-refractivity contribution in [1.82, 2.24) is 4.31 Å². The molecule has 1 aromatic carbocycles. The lowest BCUT2D eigenvalue weighted by Crippen LogP contribution is -2.48. The first kappa shape index (κ1) is 14.0. The van der Waals surface area contributed by atoms with Gasteiger partial charge in [-0.15, -0.1) is 0 Å². The molecule has 0 aromatic heterocycles. The number of nitrogens with zero attached hydrogens (tertiary/aromatic N) is 1. The van der Waals surface area contributed by atoms with Gasteiger partial charge in [0.2, 0.25) is 10.0 Å². The summed E-state index contributed by atoms with van der Waals surface area (Å²) in [6.07, 6.45) is 1.49. The topological polar surface area (TPSA) is 74.7 Å². The van der Waals surface area contributed by atoms with E-state index in [4.69, 9.17) is 5.11 Å². The van der Waals surface area contributed by atoms with E-state index >= 15 is 0 Å². The number of carbonyl (C=O) groups is 1. The molecule has 19 heavy (non-hydrogen) atoms. The van der Waals surface area contributed by atoms with Gasteiger partial charge in [0.25, 0.3) is 0 Å². The van der Waals surface area contributed by atoms with E-state index in [-0.39, 0.29) is 13.0 Å².